The first-order valence-corrected chi connectivity index (χ1v) is 10.1. The number of halogens is 3. The first-order chi connectivity index (χ1) is 14.9. The highest BCUT2D eigenvalue weighted by atomic mass is 32.2. The van der Waals surface area contributed by atoms with Crippen LogP contribution >= 0.6 is 11.8 Å². The molecule has 7 heteroatoms. The molecule has 0 saturated carbocycles. The molecule has 0 atom stereocenters. The fourth-order valence-corrected chi connectivity index (χ4v) is 3.57. The van der Waals surface area contributed by atoms with Crippen molar-refractivity contribution >= 4 is 34.7 Å². The highest BCUT2D eigenvalue weighted by molar-refractivity contribution is 8.00. The van der Waals surface area contributed by atoms with Crippen LogP contribution in [0.2, 0.25) is 0 Å². The van der Waals surface area contributed by atoms with Gasteiger partial charge in [-0.1, -0.05) is 48.5 Å². The van der Waals surface area contributed by atoms with Crippen LogP contribution in [0.25, 0.3) is 28.2 Å². The number of thioether (sulfide) groups is 1. The Morgan fingerprint density at radius 1 is 0.806 bits per heavy atom. The Hall–Kier alpha value is -3.45. The molecule has 0 aliphatic carbocycles. The van der Waals surface area contributed by atoms with E-state index >= 15 is 0 Å². The maximum atomic E-state index is 12.5. The molecule has 0 aliphatic rings. The van der Waals surface area contributed by atoms with Gasteiger partial charge in [0.2, 0.25) is 0 Å². The molecule has 0 amide bonds. The standard InChI is InChI=1S/C24H15F3N2OS/c25-24(26,27)31-20-9-7-18(8-10-20)17-3-5-19(6-4-17)23(30)12-2-16-1-11-21-22(15-16)29-14-13-28-21/h1-15H/b12-2+. The lowest BCUT2D eigenvalue weighted by Gasteiger charge is -2.07. The number of fused-ring (bicyclic) bond motifs is 1. The van der Waals surface area contributed by atoms with Crippen LogP contribution in [-0.4, -0.2) is 21.3 Å². The van der Waals surface area contributed by atoms with E-state index in [1.54, 1.807) is 54.9 Å². The molecule has 4 rings (SSSR count). The Morgan fingerprint density at radius 3 is 2.06 bits per heavy atom. The Balaban J connectivity index is 1.45. The van der Waals surface area contributed by atoms with Crippen LogP contribution in [0.4, 0.5) is 13.2 Å². The first-order valence-electron chi connectivity index (χ1n) is 9.27. The van der Waals surface area contributed by atoms with Crippen LogP contribution in [0.1, 0.15) is 15.9 Å². The van der Waals surface area contributed by atoms with Gasteiger partial charge in [0.1, 0.15) is 0 Å². The third kappa shape index (κ3) is 5.38. The van der Waals surface area contributed by atoms with Gasteiger partial charge in [0.25, 0.3) is 0 Å². The van der Waals surface area contributed by atoms with Crippen LogP contribution in [-0.2, 0) is 0 Å². The van der Waals surface area contributed by atoms with E-state index in [1.807, 2.05) is 18.2 Å². The lowest BCUT2D eigenvalue weighted by atomic mass is 10.0. The fraction of sp³-hybridized carbons (Fsp3) is 0.0417. The van der Waals surface area contributed by atoms with Crippen LogP contribution in [0.5, 0.6) is 0 Å². The molecule has 31 heavy (non-hydrogen) atoms. The predicted molar refractivity (Wildman–Crippen MR) is 117 cm³/mol. The van der Waals surface area contributed by atoms with Gasteiger partial charge in [-0.05, 0) is 58.8 Å². The van der Waals surface area contributed by atoms with E-state index in [9.17, 15) is 18.0 Å². The van der Waals surface area contributed by atoms with Gasteiger partial charge in [-0.3, -0.25) is 14.8 Å². The van der Waals surface area contributed by atoms with E-state index in [-0.39, 0.29) is 22.4 Å². The van der Waals surface area contributed by atoms with E-state index in [0.717, 1.165) is 27.7 Å². The smallest absolute Gasteiger partial charge is 0.289 e. The molecule has 4 aromatic rings. The number of nitrogens with zero attached hydrogens (tertiary/aromatic N) is 2. The number of carbonyl (C=O) groups is 1. The third-order valence-corrected chi connectivity index (χ3v) is 5.25. The summed E-state index contributed by atoms with van der Waals surface area (Å²) in [6, 6.07) is 18.7. The zero-order valence-electron chi connectivity index (χ0n) is 16.0. The maximum Gasteiger partial charge on any atom is 0.446 e. The van der Waals surface area contributed by atoms with Gasteiger partial charge in [0.05, 0.1) is 11.0 Å². The van der Waals surface area contributed by atoms with Gasteiger partial charge < -0.3 is 0 Å². The van der Waals surface area contributed by atoms with Crippen molar-refractivity contribution in [2.24, 2.45) is 0 Å². The normalized spacial score (nSPS) is 11.8. The number of allylic oxidation sites excluding steroid dienone is 1. The van der Waals surface area contributed by atoms with Crippen molar-refractivity contribution in [2.75, 3.05) is 0 Å². The van der Waals surface area contributed by atoms with Crippen molar-refractivity contribution < 1.29 is 18.0 Å². The fourth-order valence-electron chi connectivity index (χ4n) is 3.03. The van der Waals surface area contributed by atoms with Gasteiger partial charge in [-0.25, -0.2) is 0 Å². The number of carbonyl (C=O) groups excluding carboxylic acids is 1. The second-order valence-corrected chi connectivity index (χ2v) is 7.79. The molecule has 3 nitrogen and oxygen atoms in total. The molecule has 1 heterocycles. The minimum Gasteiger partial charge on any atom is -0.289 e. The number of hydrogen-bond donors (Lipinski definition) is 0. The van der Waals surface area contributed by atoms with E-state index in [2.05, 4.69) is 9.97 Å². The minimum atomic E-state index is -4.31. The number of aromatic nitrogens is 2. The van der Waals surface area contributed by atoms with Crippen molar-refractivity contribution in [1.82, 2.24) is 9.97 Å². The molecular formula is C24H15F3N2OS. The monoisotopic (exact) mass is 436 g/mol. The van der Waals surface area contributed by atoms with Gasteiger partial charge in [0.15, 0.2) is 5.78 Å². The number of alkyl halides is 3. The lowest BCUT2D eigenvalue weighted by molar-refractivity contribution is -0.0328. The highest BCUT2D eigenvalue weighted by Gasteiger charge is 2.29. The Morgan fingerprint density at radius 2 is 1.42 bits per heavy atom. The number of ketones is 1. The summed E-state index contributed by atoms with van der Waals surface area (Å²) in [7, 11) is 0. The van der Waals surface area contributed by atoms with Gasteiger partial charge in [-0.15, -0.1) is 0 Å². The largest absolute Gasteiger partial charge is 0.446 e. The number of hydrogen-bond acceptors (Lipinski definition) is 4. The molecule has 154 valence electrons. The Kier molecular flexibility index (Phi) is 5.86. The molecule has 1 aromatic heterocycles. The predicted octanol–water partition coefficient (Wildman–Crippen LogP) is 6.80. The molecule has 0 spiro atoms. The molecular weight excluding hydrogens is 421 g/mol. The van der Waals surface area contributed by atoms with Crippen LogP contribution in [0.3, 0.4) is 0 Å². The summed E-state index contributed by atoms with van der Waals surface area (Å²) >= 11 is -0.145. The Labute approximate surface area is 180 Å². The van der Waals surface area contributed by atoms with Gasteiger partial charge in [-0.2, -0.15) is 13.2 Å². The first kappa shape index (κ1) is 20.8. The van der Waals surface area contributed by atoms with Crippen molar-refractivity contribution in [3.63, 3.8) is 0 Å². The van der Waals surface area contributed by atoms with Crippen LogP contribution in [0.15, 0.2) is 90.1 Å². The lowest BCUT2D eigenvalue weighted by Crippen LogP contribution is -1.98. The quantitative estimate of drug-likeness (QED) is 0.196. The van der Waals surface area contributed by atoms with Gasteiger partial charge >= 0.3 is 5.51 Å². The van der Waals surface area contributed by atoms with E-state index in [0.29, 0.717) is 5.56 Å². The number of benzene rings is 3. The van der Waals surface area contributed by atoms with E-state index in [4.69, 9.17) is 0 Å². The summed E-state index contributed by atoms with van der Waals surface area (Å²) in [5.41, 5.74) is 0.181. The minimum absolute atomic E-state index is 0.132. The molecule has 0 radical (unpaired) electrons. The summed E-state index contributed by atoms with van der Waals surface area (Å²) in [6.45, 7) is 0. The zero-order valence-corrected chi connectivity index (χ0v) is 16.8. The molecule has 0 fully saturated rings. The van der Waals surface area contributed by atoms with Crippen molar-refractivity contribution in [1.29, 1.82) is 0 Å². The second kappa shape index (κ2) is 8.73. The summed E-state index contributed by atoms with van der Waals surface area (Å²) < 4.78 is 37.3. The highest BCUT2D eigenvalue weighted by Crippen LogP contribution is 2.37. The third-order valence-electron chi connectivity index (χ3n) is 4.51. The molecule has 0 saturated heterocycles. The topological polar surface area (TPSA) is 42.9 Å². The van der Waals surface area contributed by atoms with Gasteiger partial charge in [0, 0.05) is 22.9 Å². The summed E-state index contributed by atoms with van der Waals surface area (Å²) in [5, 5.41) is 0. The van der Waals surface area contributed by atoms with Crippen LogP contribution < -0.4 is 0 Å². The van der Waals surface area contributed by atoms with Crippen LogP contribution in [0, 0.1) is 0 Å². The zero-order chi connectivity index (χ0) is 21.8. The summed E-state index contributed by atoms with van der Waals surface area (Å²) in [6.07, 6.45) is 6.46. The Bertz CT molecular complexity index is 1250. The van der Waals surface area contributed by atoms with E-state index < -0.39 is 5.51 Å². The average molecular weight is 436 g/mol. The molecule has 0 bridgehead atoms. The SMILES string of the molecule is O=C(/C=C/c1ccc2nccnc2c1)c1ccc(-c2ccc(SC(F)(F)F)cc2)cc1. The number of rotatable bonds is 5. The van der Waals surface area contributed by atoms with Crippen molar-refractivity contribution in [3.05, 3.63) is 96.3 Å². The molecule has 3 aromatic carbocycles. The van der Waals surface area contributed by atoms with Crippen molar-refractivity contribution in [3.8, 4) is 11.1 Å². The average Bonchev–Trinajstić information content (AvgIpc) is 2.77. The molecule has 0 unspecified atom stereocenters. The van der Waals surface area contributed by atoms with Crippen molar-refractivity contribution in [2.45, 2.75) is 10.4 Å². The summed E-state index contributed by atoms with van der Waals surface area (Å²) in [5.74, 6) is -0.150. The summed E-state index contributed by atoms with van der Waals surface area (Å²) in [4.78, 5) is 21.1. The second-order valence-electron chi connectivity index (χ2n) is 6.65. The van der Waals surface area contributed by atoms with E-state index in [1.165, 1.54) is 18.2 Å². The molecule has 0 aliphatic heterocycles. The maximum absolute atomic E-state index is 12.5. The molecule has 0 N–H and O–H groups in total.